The summed E-state index contributed by atoms with van der Waals surface area (Å²) in [7, 11) is 0. The van der Waals surface area contributed by atoms with E-state index in [1.165, 1.54) is 0 Å². The Bertz CT molecular complexity index is 280. The van der Waals surface area contributed by atoms with Crippen LogP contribution in [0.3, 0.4) is 0 Å². The SMILES string of the molecule is CCN(CC)CCNCc1ncnn1CC. The van der Waals surface area contributed by atoms with Gasteiger partial charge in [-0.1, -0.05) is 13.8 Å². The molecule has 5 nitrogen and oxygen atoms in total. The summed E-state index contributed by atoms with van der Waals surface area (Å²) < 4.78 is 1.92. The maximum atomic E-state index is 4.22. The van der Waals surface area contributed by atoms with Crippen LogP contribution in [0.1, 0.15) is 26.6 Å². The molecule has 1 aromatic heterocycles. The van der Waals surface area contributed by atoms with Gasteiger partial charge in [0.25, 0.3) is 0 Å². The van der Waals surface area contributed by atoms with Crippen molar-refractivity contribution in [2.24, 2.45) is 0 Å². The van der Waals surface area contributed by atoms with Gasteiger partial charge in [-0.15, -0.1) is 0 Å². The van der Waals surface area contributed by atoms with Crippen molar-refractivity contribution < 1.29 is 0 Å². The molecular formula is C11H23N5. The lowest BCUT2D eigenvalue weighted by Gasteiger charge is -2.17. The van der Waals surface area contributed by atoms with E-state index in [1.807, 2.05) is 4.68 Å². The molecule has 0 radical (unpaired) electrons. The number of aromatic nitrogens is 3. The van der Waals surface area contributed by atoms with Crippen molar-refractivity contribution in [1.29, 1.82) is 0 Å². The Morgan fingerprint density at radius 1 is 1.31 bits per heavy atom. The molecule has 0 aliphatic carbocycles. The van der Waals surface area contributed by atoms with Crippen LogP contribution in [0.15, 0.2) is 6.33 Å². The molecule has 1 aromatic rings. The predicted octanol–water partition coefficient (Wildman–Crippen LogP) is 0.729. The molecule has 0 aliphatic rings. The summed E-state index contributed by atoms with van der Waals surface area (Å²) in [4.78, 5) is 6.62. The molecule has 5 heteroatoms. The minimum absolute atomic E-state index is 0.801. The van der Waals surface area contributed by atoms with Crippen LogP contribution in [-0.2, 0) is 13.1 Å². The second-order valence-electron chi connectivity index (χ2n) is 3.70. The summed E-state index contributed by atoms with van der Waals surface area (Å²) in [6, 6.07) is 0. The lowest BCUT2D eigenvalue weighted by atomic mass is 10.4. The molecule has 0 amide bonds. The van der Waals surface area contributed by atoms with Crippen LogP contribution in [-0.4, -0.2) is 45.8 Å². The molecule has 0 atom stereocenters. The van der Waals surface area contributed by atoms with Crippen molar-refractivity contribution in [2.45, 2.75) is 33.9 Å². The summed E-state index contributed by atoms with van der Waals surface area (Å²) in [5.41, 5.74) is 0. The Morgan fingerprint density at radius 2 is 2.06 bits per heavy atom. The molecule has 0 aliphatic heterocycles. The Kier molecular flexibility index (Phi) is 6.03. The fourth-order valence-electron chi connectivity index (χ4n) is 1.67. The van der Waals surface area contributed by atoms with Crippen molar-refractivity contribution in [3.8, 4) is 0 Å². The molecule has 92 valence electrons. The molecule has 1 heterocycles. The Morgan fingerprint density at radius 3 is 2.69 bits per heavy atom. The zero-order valence-electron chi connectivity index (χ0n) is 10.6. The number of nitrogens with one attached hydrogen (secondary N) is 1. The van der Waals surface area contributed by atoms with Gasteiger partial charge in [0.05, 0.1) is 6.54 Å². The molecule has 0 saturated carbocycles. The zero-order chi connectivity index (χ0) is 11.8. The van der Waals surface area contributed by atoms with Crippen molar-refractivity contribution >= 4 is 0 Å². The van der Waals surface area contributed by atoms with Gasteiger partial charge in [0.15, 0.2) is 0 Å². The average molecular weight is 225 g/mol. The minimum atomic E-state index is 0.801. The highest BCUT2D eigenvalue weighted by molar-refractivity contribution is 4.83. The molecule has 0 fully saturated rings. The Hall–Kier alpha value is -0.940. The average Bonchev–Trinajstić information content (AvgIpc) is 2.77. The van der Waals surface area contributed by atoms with Gasteiger partial charge in [0.1, 0.15) is 12.2 Å². The third-order valence-electron chi connectivity index (χ3n) is 2.78. The van der Waals surface area contributed by atoms with E-state index in [2.05, 4.69) is 41.1 Å². The lowest BCUT2D eigenvalue weighted by Crippen LogP contribution is -2.32. The summed E-state index contributed by atoms with van der Waals surface area (Å²) in [5.74, 6) is 1.02. The van der Waals surface area contributed by atoms with E-state index in [1.54, 1.807) is 6.33 Å². The van der Waals surface area contributed by atoms with Crippen LogP contribution in [0.2, 0.25) is 0 Å². The fraction of sp³-hybridized carbons (Fsp3) is 0.818. The number of hydrogen-bond acceptors (Lipinski definition) is 4. The van der Waals surface area contributed by atoms with Crippen LogP contribution >= 0.6 is 0 Å². The second-order valence-corrected chi connectivity index (χ2v) is 3.70. The van der Waals surface area contributed by atoms with Gasteiger partial charge in [0.2, 0.25) is 0 Å². The number of aryl methyl sites for hydroxylation is 1. The third kappa shape index (κ3) is 3.90. The van der Waals surface area contributed by atoms with Crippen LogP contribution in [0, 0.1) is 0 Å². The first kappa shape index (κ1) is 13.1. The highest BCUT2D eigenvalue weighted by atomic mass is 15.3. The van der Waals surface area contributed by atoms with Crippen molar-refractivity contribution in [2.75, 3.05) is 26.2 Å². The zero-order valence-corrected chi connectivity index (χ0v) is 10.6. The van der Waals surface area contributed by atoms with Crippen molar-refractivity contribution in [1.82, 2.24) is 25.0 Å². The molecule has 16 heavy (non-hydrogen) atoms. The van der Waals surface area contributed by atoms with Crippen molar-refractivity contribution in [3.63, 3.8) is 0 Å². The van der Waals surface area contributed by atoms with E-state index in [4.69, 9.17) is 0 Å². The highest BCUT2D eigenvalue weighted by Gasteiger charge is 2.02. The summed E-state index contributed by atoms with van der Waals surface area (Å²) >= 11 is 0. The molecule has 0 spiro atoms. The first-order chi connectivity index (χ1) is 7.81. The smallest absolute Gasteiger partial charge is 0.140 e. The minimum Gasteiger partial charge on any atom is -0.309 e. The van der Waals surface area contributed by atoms with Gasteiger partial charge in [0, 0.05) is 19.6 Å². The van der Waals surface area contributed by atoms with Gasteiger partial charge in [-0.25, -0.2) is 9.67 Å². The summed E-state index contributed by atoms with van der Waals surface area (Å²) in [6.45, 7) is 12.5. The van der Waals surface area contributed by atoms with Gasteiger partial charge < -0.3 is 10.2 Å². The van der Waals surface area contributed by atoms with E-state index in [-0.39, 0.29) is 0 Å². The molecule has 1 rings (SSSR count). The first-order valence-electron chi connectivity index (χ1n) is 6.11. The topological polar surface area (TPSA) is 46.0 Å². The van der Waals surface area contributed by atoms with E-state index in [0.717, 1.165) is 45.1 Å². The fourth-order valence-corrected chi connectivity index (χ4v) is 1.67. The largest absolute Gasteiger partial charge is 0.309 e. The molecule has 0 unspecified atom stereocenters. The molecule has 0 aromatic carbocycles. The monoisotopic (exact) mass is 225 g/mol. The van der Waals surface area contributed by atoms with Crippen LogP contribution < -0.4 is 5.32 Å². The number of rotatable bonds is 8. The maximum Gasteiger partial charge on any atom is 0.140 e. The van der Waals surface area contributed by atoms with Crippen LogP contribution in [0.5, 0.6) is 0 Å². The van der Waals surface area contributed by atoms with E-state index in [9.17, 15) is 0 Å². The molecule has 0 bridgehead atoms. The highest BCUT2D eigenvalue weighted by Crippen LogP contribution is 1.92. The molecule has 1 N–H and O–H groups in total. The van der Waals surface area contributed by atoms with Crippen LogP contribution in [0.4, 0.5) is 0 Å². The van der Waals surface area contributed by atoms with Crippen LogP contribution in [0.25, 0.3) is 0 Å². The number of hydrogen-bond donors (Lipinski definition) is 1. The Labute approximate surface area is 97.9 Å². The second kappa shape index (κ2) is 7.35. The van der Waals surface area contributed by atoms with Gasteiger partial charge in [-0.2, -0.15) is 5.10 Å². The van der Waals surface area contributed by atoms with Gasteiger partial charge >= 0.3 is 0 Å². The molecule has 0 saturated heterocycles. The first-order valence-corrected chi connectivity index (χ1v) is 6.11. The van der Waals surface area contributed by atoms with Gasteiger partial charge in [-0.05, 0) is 20.0 Å². The summed E-state index contributed by atoms with van der Waals surface area (Å²) in [6.07, 6.45) is 1.62. The normalized spacial score (nSPS) is 11.2. The summed E-state index contributed by atoms with van der Waals surface area (Å²) in [5, 5.41) is 7.53. The lowest BCUT2D eigenvalue weighted by molar-refractivity contribution is 0.301. The van der Waals surface area contributed by atoms with E-state index >= 15 is 0 Å². The van der Waals surface area contributed by atoms with E-state index in [0.29, 0.717) is 0 Å². The number of nitrogens with zero attached hydrogens (tertiary/aromatic N) is 4. The molecular weight excluding hydrogens is 202 g/mol. The standard InChI is InChI=1S/C11H23N5/c1-4-15(5-2)8-7-12-9-11-13-10-14-16(11)6-3/h10,12H,4-9H2,1-3H3. The quantitative estimate of drug-likeness (QED) is 0.663. The maximum absolute atomic E-state index is 4.22. The van der Waals surface area contributed by atoms with Crippen molar-refractivity contribution in [3.05, 3.63) is 12.2 Å². The van der Waals surface area contributed by atoms with E-state index < -0.39 is 0 Å². The number of likely N-dealkylation sites (N-methyl/N-ethyl adjacent to an activating group) is 1. The predicted molar refractivity (Wildman–Crippen MR) is 65.2 cm³/mol. The third-order valence-corrected chi connectivity index (χ3v) is 2.78. The Balaban J connectivity index is 2.20. The van der Waals surface area contributed by atoms with Gasteiger partial charge in [-0.3, -0.25) is 0 Å².